The molecule has 9 amide bonds. The number of urea groups is 1. The minimum absolute atomic E-state index is 0.0193. The quantitative estimate of drug-likeness (QED) is 0.0139. The predicted octanol–water partition coefficient (Wildman–Crippen LogP) is 6.98. The number of nitrogens with two attached hydrogens (primary N) is 1. The average Bonchev–Trinajstić information content (AvgIpc) is 0.786. The molecule has 4 atom stereocenters. The summed E-state index contributed by atoms with van der Waals surface area (Å²) in [6, 6.07) is 20.0. The number of carbonyl (C=O) groups excluding carboxylic acids is 8. The number of anilines is 3. The highest BCUT2D eigenvalue weighted by Crippen LogP contribution is 2.72. The van der Waals surface area contributed by atoms with Gasteiger partial charge in [-0.25, -0.2) is 24.4 Å². The number of imide groups is 1. The van der Waals surface area contributed by atoms with Crippen molar-refractivity contribution in [2.45, 2.75) is 130 Å². The average molecular weight is 1400 g/mol. The molecule has 4 aliphatic carbocycles. The molecule has 0 spiro atoms. The molecule has 2 unspecified atom stereocenters. The molecule has 6 aliphatic rings. The monoisotopic (exact) mass is 1400 g/mol. The van der Waals surface area contributed by atoms with Gasteiger partial charge in [0.05, 0.1) is 34.4 Å². The van der Waals surface area contributed by atoms with Crippen molar-refractivity contribution in [2.75, 3.05) is 60.6 Å². The zero-order valence-corrected chi connectivity index (χ0v) is 57.3. The van der Waals surface area contributed by atoms with Crippen LogP contribution in [0.1, 0.15) is 122 Å². The second-order valence-electron chi connectivity index (χ2n) is 27.8. The topological polar surface area (TPSA) is 386 Å². The van der Waals surface area contributed by atoms with Crippen molar-refractivity contribution in [1.29, 1.82) is 0 Å². The lowest BCUT2D eigenvalue weighted by atomic mass is 9.39. The van der Waals surface area contributed by atoms with Gasteiger partial charge in [0.25, 0.3) is 27.8 Å². The maximum atomic E-state index is 13.9. The lowest BCUT2D eigenvalue weighted by molar-refractivity contribution is -0.248. The van der Waals surface area contributed by atoms with Crippen LogP contribution < -0.4 is 37.2 Å². The fourth-order valence-corrected chi connectivity index (χ4v) is 17.3. The van der Waals surface area contributed by atoms with Gasteiger partial charge < -0.3 is 51.4 Å². The summed E-state index contributed by atoms with van der Waals surface area (Å²) in [6.45, 7) is 9.94. The summed E-state index contributed by atoms with van der Waals surface area (Å²) in [5, 5.41) is 29.5. The molecule has 2 aliphatic heterocycles. The number of ether oxygens (including phenoxy) is 2. The van der Waals surface area contributed by atoms with E-state index in [1.165, 1.54) is 28.4 Å². The molecule has 6 aromatic rings. The summed E-state index contributed by atoms with van der Waals surface area (Å²) in [4.78, 5) is 130. The molecule has 12 rings (SSSR count). The number of amides is 9. The van der Waals surface area contributed by atoms with E-state index in [1.54, 1.807) is 44.3 Å². The maximum absolute atomic E-state index is 13.9. The van der Waals surface area contributed by atoms with Gasteiger partial charge >= 0.3 is 18.1 Å². The summed E-state index contributed by atoms with van der Waals surface area (Å²) >= 11 is 1.40. The number of para-hydroxylation sites is 1. The molecule has 30 heteroatoms. The molecule has 4 saturated carbocycles. The Hall–Kier alpha value is -9.65. The van der Waals surface area contributed by atoms with Crippen LogP contribution in [-0.4, -0.2) is 164 Å². The number of carboxylic acids is 1. The Kier molecular flexibility index (Phi) is 20.5. The Morgan fingerprint density at radius 2 is 1.56 bits per heavy atom. The Bertz CT molecular complexity index is 4260. The van der Waals surface area contributed by atoms with Crippen molar-refractivity contribution in [3.8, 4) is 11.1 Å². The maximum Gasteiger partial charge on any atom is 0.410 e. The molecular weight excluding hydrogens is 1310 g/mol. The first kappa shape index (κ1) is 70.7. The fraction of sp³-hybridized carbons (Fsp3) is 0.449. The van der Waals surface area contributed by atoms with Crippen LogP contribution in [0.3, 0.4) is 0 Å². The molecular formula is C69H81N13O15S2. The number of carbonyl (C=O) groups is 9. The van der Waals surface area contributed by atoms with E-state index >= 15 is 0 Å². The van der Waals surface area contributed by atoms with Crippen LogP contribution in [0, 0.1) is 29.1 Å². The Balaban J connectivity index is 0.716. The number of pyridine rings is 1. The largest absolute Gasteiger partial charge is 0.476 e. The summed E-state index contributed by atoms with van der Waals surface area (Å²) in [7, 11) is -4.52. The van der Waals surface area contributed by atoms with Crippen molar-refractivity contribution < 1.29 is 70.7 Å². The van der Waals surface area contributed by atoms with Gasteiger partial charge in [-0.15, -0.1) is 0 Å². The Labute approximate surface area is 575 Å². The third-order valence-corrected chi connectivity index (χ3v) is 20.9. The van der Waals surface area contributed by atoms with Gasteiger partial charge in [0, 0.05) is 79.5 Å². The van der Waals surface area contributed by atoms with Gasteiger partial charge in [0.2, 0.25) is 17.7 Å². The molecule has 0 saturated heterocycles. The van der Waals surface area contributed by atoms with Crippen molar-refractivity contribution in [3.05, 3.63) is 131 Å². The van der Waals surface area contributed by atoms with E-state index in [2.05, 4.69) is 45.4 Å². The number of thiazole rings is 1. The van der Waals surface area contributed by atoms with Crippen LogP contribution in [0.15, 0.2) is 97.2 Å². The van der Waals surface area contributed by atoms with Gasteiger partial charge in [-0.1, -0.05) is 75.4 Å². The number of aromatic carboxylic acids is 1. The minimum atomic E-state index is -4.52. The summed E-state index contributed by atoms with van der Waals surface area (Å²) in [5.41, 5.74) is 9.69. The molecule has 0 radical (unpaired) electrons. The van der Waals surface area contributed by atoms with E-state index < -0.39 is 100 Å². The second kappa shape index (κ2) is 28.7. The number of nitrogens with zero attached hydrogens (tertiary/aromatic N) is 7. The normalized spacial score (nSPS) is 21.3. The second-order valence-corrected chi connectivity index (χ2v) is 30.4. The van der Waals surface area contributed by atoms with Crippen molar-refractivity contribution >= 4 is 102 Å². The third kappa shape index (κ3) is 16.6. The van der Waals surface area contributed by atoms with Gasteiger partial charge in [-0.05, 0) is 146 Å². The number of aromatic nitrogens is 4. The Morgan fingerprint density at radius 3 is 2.24 bits per heavy atom. The SMILES string of the molecule is Cc1c(-c2ccc(N3CCc4cccc(C(=O)Nc5nc6ccccc6s5)c4C3)nc2C(=O)O)cnn1CC12CC3(C)CC(C)(C1)CC(OCCN(CCS(=O)(=O)O)C(=O)OCc1ccc(NC(=O)[C@H](CCCNC(N)=O)NC(=O)[C@@H](NC(=O)CN4C(=O)C=CC4=O)C(C)C)cc1)(C3)C2. The van der Waals surface area contributed by atoms with Crippen LogP contribution in [0.4, 0.5) is 26.2 Å². The number of hydrogen-bond donors (Lipinski definition) is 8. The third-order valence-electron chi connectivity index (χ3n) is 19.3. The molecule has 3 aromatic carbocycles. The number of benzene rings is 3. The van der Waals surface area contributed by atoms with Crippen LogP contribution in [0.25, 0.3) is 21.3 Å². The van der Waals surface area contributed by atoms with Gasteiger partial charge in [-0.3, -0.25) is 48.2 Å². The van der Waals surface area contributed by atoms with Crippen molar-refractivity contribution in [2.24, 2.45) is 27.9 Å². The number of fused-ring (bicyclic) bond motifs is 2. The van der Waals surface area contributed by atoms with Crippen LogP contribution in [0.2, 0.25) is 0 Å². The number of carboxylic acid groups (broad SMARTS) is 1. The minimum Gasteiger partial charge on any atom is -0.476 e. The van der Waals surface area contributed by atoms with Crippen LogP contribution in [0.5, 0.6) is 0 Å². The van der Waals surface area contributed by atoms with E-state index in [0.29, 0.717) is 70.6 Å². The first-order valence-electron chi connectivity index (χ1n) is 32.8. The molecule has 9 N–H and O–H groups in total. The highest BCUT2D eigenvalue weighted by atomic mass is 32.2. The van der Waals surface area contributed by atoms with E-state index in [-0.39, 0.29) is 72.7 Å². The van der Waals surface area contributed by atoms with Gasteiger partial charge in [-0.2, -0.15) is 13.5 Å². The number of nitrogens with one attached hydrogen (secondary N) is 5. The van der Waals surface area contributed by atoms with Crippen LogP contribution in [-0.2, 0) is 69.7 Å². The van der Waals surface area contributed by atoms with E-state index in [4.69, 9.17) is 25.3 Å². The molecule has 3 aromatic heterocycles. The molecule has 524 valence electrons. The smallest absolute Gasteiger partial charge is 0.410 e. The molecule has 5 heterocycles. The van der Waals surface area contributed by atoms with Gasteiger partial charge in [0.1, 0.15) is 31.1 Å². The summed E-state index contributed by atoms with van der Waals surface area (Å²) < 4.78 is 49.6. The van der Waals surface area contributed by atoms with E-state index in [0.717, 1.165) is 71.3 Å². The summed E-state index contributed by atoms with van der Waals surface area (Å²) in [5.74, 6) is -5.80. The number of primary amides is 1. The highest BCUT2D eigenvalue weighted by molar-refractivity contribution is 7.85. The first-order valence-corrected chi connectivity index (χ1v) is 35.3. The fourth-order valence-electron chi connectivity index (χ4n) is 16.0. The summed E-state index contributed by atoms with van der Waals surface area (Å²) in [6.07, 6.45) is 8.66. The molecule has 4 bridgehead atoms. The molecule has 4 fully saturated rings. The van der Waals surface area contributed by atoms with Crippen molar-refractivity contribution in [3.63, 3.8) is 0 Å². The molecule has 28 nitrogen and oxygen atoms in total. The highest BCUT2D eigenvalue weighted by Gasteiger charge is 2.66. The predicted molar refractivity (Wildman–Crippen MR) is 366 cm³/mol. The van der Waals surface area contributed by atoms with Crippen molar-refractivity contribution in [1.82, 2.24) is 45.5 Å². The lowest BCUT2D eigenvalue weighted by Gasteiger charge is -2.69. The lowest BCUT2D eigenvalue weighted by Crippen LogP contribution is -2.64. The molecule has 99 heavy (non-hydrogen) atoms. The number of rotatable bonds is 28. The van der Waals surface area contributed by atoms with Gasteiger partial charge in [0.15, 0.2) is 10.8 Å². The first-order chi connectivity index (χ1) is 47.0. The zero-order valence-electron chi connectivity index (χ0n) is 55.6. The zero-order chi connectivity index (χ0) is 70.8. The van der Waals surface area contributed by atoms with E-state index in [9.17, 15) is 61.2 Å². The number of hydrogen-bond acceptors (Lipinski definition) is 18. The van der Waals surface area contributed by atoms with E-state index in [1.807, 2.05) is 59.0 Å². The van der Waals surface area contributed by atoms with Crippen LogP contribution >= 0.6 is 11.3 Å². The standard InChI is InChI=1S/C69H81N13O15S2/c1-41(2)57(77-54(83)32-81-55(84)21-22-56(81)85)61(88)74-51(13-9-24-71-63(70)91)60(87)73-45-17-15-43(16-18-45)33-96-65(92)79(27-29-99(93,94)95)26-28-97-69-37-66(4)34-67(5,38-69)36-68(35-66,39-69)40-82-42(3)48(30-72-82)46-19-20-53(76-58(46)62(89)90)80-25-23-44-10-8-11-47(49(44)31-80)59(86)78-64-75-50-12-6-7-14-52(50)98-64/h6-8,10-12,14-22,30,41,51,57H,9,13,23-29,31-40H2,1-5H3,(H,73,87)(H,74,88)(H,77,83)(H,89,90)(H3,70,71,91)(H,75,78,86)(H,93,94,95)/t51-,57-,66?,67?,68?,69?/m0/s1. The Morgan fingerprint density at radius 1 is 0.828 bits per heavy atom.